The average molecular weight is 157 g/mol. The number of rotatable bonds is 1. The molecule has 0 bridgehead atoms. The number of thioether (sulfide) groups is 1. The molecule has 2 unspecified atom stereocenters. The van der Waals surface area contributed by atoms with Crippen molar-refractivity contribution in [2.24, 2.45) is 5.92 Å². The molecule has 58 valence electrons. The normalized spacial score (nSPS) is 40.8. The van der Waals surface area contributed by atoms with Gasteiger partial charge in [0.2, 0.25) is 0 Å². The van der Waals surface area contributed by atoms with Gasteiger partial charge in [-0.3, -0.25) is 0 Å². The molecule has 1 N–H and O–H groups in total. The van der Waals surface area contributed by atoms with Crippen LogP contribution in [-0.4, -0.2) is 24.1 Å². The molecular weight excluding hydrogens is 142 g/mol. The lowest BCUT2D eigenvalue weighted by molar-refractivity contribution is 0.264. The van der Waals surface area contributed by atoms with Gasteiger partial charge in [0, 0.05) is 6.04 Å². The van der Waals surface area contributed by atoms with E-state index in [0.717, 1.165) is 12.0 Å². The molecule has 0 radical (unpaired) electrons. The summed E-state index contributed by atoms with van der Waals surface area (Å²) in [6.45, 7) is 1.27. The lowest BCUT2D eigenvalue weighted by Crippen LogP contribution is -2.49. The van der Waals surface area contributed by atoms with Crippen LogP contribution in [0.1, 0.15) is 19.3 Å². The second-order valence-corrected chi connectivity index (χ2v) is 4.48. The van der Waals surface area contributed by atoms with E-state index >= 15 is 0 Å². The summed E-state index contributed by atoms with van der Waals surface area (Å²) < 4.78 is 0. The quantitative estimate of drug-likeness (QED) is 0.619. The van der Waals surface area contributed by atoms with E-state index in [1.54, 1.807) is 0 Å². The second-order valence-electron chi connectivity index (χ2n) is 3.33. The fourth-order valence-electron chi connectivity index (χ4n) is 1.80. The van der Waals surface area contributed by atoms with Crippen LogP contribution in [-0.2, 0) is 0 Å². The molecule has 0 aromatic carbocycles. The van der Waals surface area contributed by atoms with Crippen LogP contribution in [0.15, 0.2) is 0 Å². The summed E-state index contributed by atoms with van der Waals surface area (Å²) in [5.74, 6) is 3.83. The highest BCUT2D eigenvalue weighted by molar-refractivity contribution is 7.99. The molecular formula is C8H15NS. The molecule has 2 atom stereocenters. The van der Waals surface area contributed by atoms with Crippen LogP contribution in [0.3, 0.4) is 0 Å². The van der Waals surface area contributed by atoms with E-state index in [4.69, 9.17) is 0 Å². The summed E-state index contributed by atoms with van der Waals surface area (Å²) in [6.07, 6.45) is 4.36. The van der Waals surface area contributed by atoms with Crippen LogP contribution >= 0.6 is 11.8 Å². The Morgan fingerprint density at radius 3 is 2.70 bits per heavy atom. The molecule has 2 heteroatoms. The third kappa shape index (κ3) is 1.32. The molecule has 0 saturated carbocycles. The molecule has 2 aliphatic rings. The zero-order valence-corrected chi connectivity index (χ0v) is 7.12. The molecule has 1 nitrogen and oxygen atoms in total. The van der Waals surface area contributed by atoms with Crippen molar-refractivity contribution in [2.75, 3.05) is 18.1 Å². The molecule has 10 heavy (non-hydrogen) atoms. The number of hydrogen-bond donors (Lipinski definition) is 1. The summed E-state index contributed by atoms with van der Waals surface area (Å²) in [6, 6.07) is 0.896. The lowest BCUT2D eigenvalue weighted by atomic mass is 9.89. The van der Waals surface area contributed by atoms with E-state index in [1.165, 1.54) is 37.3 Å². The van der Waals surface area contributed by atoms with Crippen molar-refractivity contribution in [3.8, 4) is 0 Å². The van der Waals surface area contributed by atoms with Crippen molar-refractivity contribution in [3.05, 3.63) is 0 Å². The number of nitrogens with one attached hydrogen (secondary N) is 1. The molecule has 2 saturated heterocycles. The maximum atomic E-state index is 3.50. The standard InChI is InChI=1S/C8H15NS/c1-2-7(6-10-5-1)8-3-4-9-8/h7-9H,1-6H2. The average Bonchev–Trinajstić information content (AvgIpc) is 1.86. The minimum Gasteiger partial charge on any atom is -0.314 e. The summed E-state index contributed by atoms with van der Waals surface area (Å²) in [5.41, 5.74) is 0. The molecule has 0 aliphatic carbocycles. The van der Waals surface area contributed by atoms with E-state index in [9.17, 15) is 0 Å². The zero-order chi connectivity index (χ0) is 6.81. The number of hydrogen-bond acceptors (Lipinski definition) is 2. The van der Waals surface area contributed by atoms with Crippen LogP contribution in [0.25, 0.3) is 0 Å². The lowest BCUT2D eigenvalue weighted by Gasteiger charge is -2.37. The van der Waals surface area contributed by atoms with E-state index in [0.29, 0.717) is 0 Å². The summed E-state index contributed by atoms with van der Waals surface area (Å²) in [7, 11) is 0. The van der Waals surface area contributed by atoms with Gasteiger partial charge in [0.1, 0.15) is 0 Å². The summed E-state index contributed by atoms with van der Waals surface area (Å²) >= 11 is 2.14. The van der Waals surface area contributed by atoms with Crippen LogP contribution in [0.4, 0.5) is 0 Å². The molecule has 0 amide bonds. The van der Waals surface area contributed by atoms with Gasteiger partial charge in [-0.1, -0.05) is 0 Å². The maximum absolute atomic E-state index is 3.50. The first-order valence-electron chi connectivity index (χ1n) is 4.28. The van der Waals surface area contributed by atoms with Crippen molar-refractivity contribution in [2.45, 2.75) is 25.3 Å². The van der Waals surface area contributed by atoms with Gasteiger partial charge < -0.3 is 5.32 Å². The van der Waals surface area contributed by atoms with Crippen molar-refractivity contribution in [3.63, 3.8) is 0 Å². The van der Waals surface area contributed by atoms with Gasteiger partial charge in [-0.05, 0) is 43.2 Å². The SMILES string of the molecule is C1CSCC(C2CCN2)C1. The largest absolute Gasteiger partial charge is 0.314 e. The summed E-state index contributed by atoms with van der Waals surface area (Å²) in [4.78, 5) is 0. The van der Waals surface area contributed by atoms with Gasteiger partial charge in [-0.25, -0.2) is 0 Å². The van der Waals surface area contributed by atoms with Gasteiger partial charge in [0.05, 0.1) is 0 Å². The molecule has 2 rings (SSSR count). The van der Waals surface area contributed by atoms with Crippen molar-refractivity contribution >= 4 is 11.8 Å². The Morgan fingerprint density at radius 1 is 1.30 bits per heavy atom. The maximum Gasteiger partial charge on any atom is 0.0115 e. The van der Waals surface area contributed by atoms with Gasteiger partial charge in [0.15, 0.2) is 0 Å². The van der Waals surface area contributed by atoms with Gasteiger partial charge in [-0.2, -0.15) is 11.8 Å². The molecule has 2 heterocycles. The molecule has 2 fully saturated rings. The summed E-state index contributed by atoms with van der Waals surface area (Å²) in [5, 5.41) is 3.50. The van der Waals surface area contributed by atoms with Crippen LogP contribution in [0, 0.1) is 5.92 Å². The van der Waals surface area contributed by atoms with Crippen molar-refractivity contribution in [1.29, 1.82) is 0 Å². The van der Waals surface area contributed by atoms with Gasteiger partial charge in [0.25, 0.3) is 0 Å². The highest BCUT2D eigenvalue weighted by Gasteiger charge is 2.27. The Bertz CT molecular complexity index is 106. The first-order valence-corrected chi connectivity index (χ1v) is 5.43. The van der Waals surface area contributed by atoms with E-state index in [-0.39, 0.29) is 0 Å². The Balaban J connectivity index is 1.78. The van der Waals surface area contributed by atoms with Gasteiger partial charge >= 0.3 is 0 Å². The minimum absolute atomic E-state index is 0.896. The van der Waals surface area contributed by atoms with Crippen molar-refractivity contribution in [1.82, 2.24) is 5.32 Å². The predicted molar refractivity (Wildman–Crippen MR) is 46.5 cm³/mol. The molecule has 0 spiro atoms. The third-order valence-electron chi connectivity index (χ3n) is 2.63. The monoisotopic (exact) mass is 157 g/mol. The Morgan fingerprint density at radius 2 is 2.20 bits per heavy atom. The molecule has 0 aromatic heterocycles. The second kappa shape index (κ2) is 3.14. The highest BCUT2D eigenvalue weighted by Crippen LogP contribution is 2.28. The third-order valence-corrected chi connectivity index (χ3v) is 3.87. The van der Waals surface area contributed by atoms with Crippen LogP contribution in [0.2, 0.25) is 0 Å². The topological polar surface area (TPSA) is 12.0 Å². The van der Waals surface area contributed by atoms with Crippen LogP contribution < -0.4 is 5.32 Å². The smallest absolute Gasteiger partial charge is 0.0115 e. The van der Waals surface area contributed by atoms with Crippen molar-refractivity contribution < 1.29 is 0 Å². The van der Waals surface area contributed by atoms with Gasteiger partial charge in [-0.15, -0.1) is 0 Å². The Kier molecular flexibility index (Phi) is 2.19. The minimum atomic E-state index is 0.896. The van der Waals surface area contributed by atoms with E-state index in [2.05, 4.69) is 17.1 Å². The fraction of sp³-hybridized carbons (Fsp3) is 1.00. The van der Waals surface area contributed by atoms with E-state index < -0.39 is 0 Å². The van der Waals surface area contributed by atoms with Crippen LogP contribution in [0.5, 0.6) is 0 Å². The van der Waals surface area contributed by atoms with E-state index in [1.807, 2.05) is 0 Å². The molecule has 0 aromatic rings. The zero-order valence-electron chi connectivity index (χ0n) is 6.31. The highest BCUT2D eigenvalue weighted by atomic mass is 32.2. The fourth-order valence-corrected chi connectivity index (χ4v) is 3.04. The molecule has 2 aliphatic heterocycles. The predicted octanol–water partition coefficient (Wildman–Crippen LogP) is 1.49. The Hall–Kier alpha value is 0.310. The first-order chi connectivity index (χ1) is 4.97. The Labute approximate surface area is 67.0 Å². The first kappa shape index (κ1) is 6.99.